The summed E-state index contributed by atoms with van der Waals surface area (Å²) in [5, 5.41) is 8.87. The van der Waals surface area contributed by atoms with Crippen LogP contribution in [-0.4, -0.2) is 9.55 Å². The van der Waals surface area contributed by atoms with E-state index >= 15 is 0 Å². The second-order valence-corrected chi connectivity index (χ2v) is 3.61. The second kappa shape index (κ2) is 4.10. The Labute approximate surface area is 84.7 Å². The first-order valence-corrected chi connectivity index (χ1v) is 4.63. The fourth-order valence-electron chi connectivity index (χ4n) is 1.24. The number of imidazole rings is 1. The monoisotopic (exact) mass is 189 g/mol. The maximum atomic E-state index is 8.87. The van der Waals surface area contributed by atoms with E-state index in [9.17, 15) is 0 Å². The van der Waals surface area contributed by atoms with E-state index in [-0.39, 0.29) is 0 Å². The van der Waals surface area contributed by atoms with Gasteiger partial charge in [0.25, 0.3) is 0 Å². The molecular formula is C11H15N3. The van der Waals surface area contributed by atoms with Crippen molar-refractivity contribution in [1.29, 1.82) is 5.26 Å². The van der Waals surface area contributed by atoms with Gasteiger partial charge in [0.1, 0.15) is 6.07 Å². The van der Waals surface area contributed by atoms with Crippen molar-refractivity contribution in [1.82, 2.24) is 9.55 Å². The van der Waals surface area contributed by atoms with Crippen LogP contribution in [0.1, 0.15) is 31.1 Å². The Morgan fingerprint density at radius 1 is 1.50 bits per heavy atom. The molecule has 0 amide bonds. The third-order valence-corrected chi connectivity index (χ3v) is 2.24. The van der Waals surface area contributed by atoms with Crippen LogP contribution in [0.5, 0.6) is 0 Å². The van der Waals surface area contributed by atoms with E-state index in [0.29, 0.717) is 5.82 Å². The Kier molecular flexibility index (Phi) is 3.08. The summed E-state index contributed by atoms with van der Waals surface area (Å²) in [6.45, 7) is 8.74. The fraction of sp³-hybridized carbons (Fsp3) is 0.455. The van der Waals surface area contributed by atoms with Crippen LogP contribution in [0.15, 0.2) is 11.6 Å². The molecule has 0 aliphatic heterocycles. The molecule has 0 aliphatic rings. The van der Waals surface area contributed by atoms with Gasteiger partial charge in [-0.25, -0.2) is 4.98 Å². The molecule has 0 bridgehead atoms. The van der Waals surface area contributed by atoms with Gasteiger partial charge >= 0.3 is 0 Å². The summed E-state index contributed by atoms with van der Waals surface area (Å²) in [6, 6.07) is 2.10. The van der Waals surface area contributed by atoms with Crippen molar-refractivity contribution in [2.45, 2.75) is 34.2 Å². The van der Waals surface area contributed by atoms with Crippen LogP contribution >= 0.6 is 0 Å². The van der Waals surface area contributed by atoms with Gasteiger partial charge in [0.2, 0.25) is 5.82 Å². The zero-order chi connectivity index (χ0) is 10.7. The largest absolute Gasteiger partial charge is 0.316 e. The van der Waals surface area contributed by atoms with Gasteiger partial charge in [-0.2, -0.15) is 5.26 Å². The lowest BCUT2D eigenvalue weighted by Gasteiger charge is -2.02. The van der Waals surface area contributed by atoms with Crippen molar-refractivity contribution in [3.8, 4) is 6.07 Å². The summed E-state index contributed by atoms with van der Waals surface area (Å²) in [4.78, 5) is 4.18. The summed E-state index contributed by atoms with van der Waals surface area (Å²) in [5.41, 5.74) is 3.25. The number of hydrogen-bond acceptors (Lipinski definition) is 2. The minimum absolute atomic E-state index is 0.498. The smallest absolute Gasteiger partial charge is 0.213 e. The standard InChI is InChI=1S/C11H15N3/c1-8(2)5-6-14-10(4)9(3)13-11(14)7-12/h5H,6H2,1-4H3. The number of allylic oxidation sites excluding steroid dienone is 2. The van der Waals surface area contributed by atoms with Crippen molar-refractivity contribution < 1.29 is 0 Å². The second-order valence-electron chi connectivity index (χ2n) is 3.61. The van der Waals surface area contributed by atoms with E-state index < -0.39 is 0 Å². The SMILES string of the molecule is CC(C)=CCn1c(C#N)nc(C)c1C. The summed E-state index contributed by atoms with van der Waals surface area (Å²) in [5.74, 6) is 0.498. The van der Waals surface area contributed by atoms with Gasteiger partial charge < -0.3 is 4.57 Å². The average Bonchev–Trinajstić information content (AvgIpc) is 2.40. The van der Waals surface area contributed by atoms with Crippen molar-refractivity contribution >= 4 is 0 Å². The lowest BCUT2D eigenvalue weighted by molar-refractivity contribution is 0.770. The van der Waals surface area contributed by atoms with Crippen LogP contribution in [0, 0.1) is 25.2 Å². The van der Waals surface area contributed by atoms with Crippen LogP contribution in [-0.2, 0) is 6.54 Å². The Morgan fingerprint density at radius 2 is 2.14 bits per heavy atom. The molecule has 0 unspecified atom stereocenters. The number of nitrogens with zero attached hydrogens (tertiary/aromatic N) is 3. The topological polar surface area (TPSA) is 41.6 Å². The molecule has 74 valence electrons. The Morgan fingerprint density at radius 3 is 2.64 bits per heavy atom. The molecule has 0 saturated carbocycles. The van der Waals surface area contributed by atoms with Crippen LogP contribution in [0.4, 0.5) is 0 Å². The van der Waals surface area contributed by atoms with E-state index in [2.05, 4.69) is 17.1 Å². The third kappa shape index (κ3) is 2.02. The quantitative estimate of drug-likeness (QED) is 0.670. The molecular weight excluding hydrogens is 174 g/mol. The molecule has 1 aromatic heterocycles. The zero-order valence-electron chi connectivity index (χ0n) is 9.13. The van der Waals surface area contributed by atoms with Crippen molar-refractivity contribution in [2.75, 3.05) is 0 Å². The molecule has 3 nitrogen and oxygen atoms in total. The molecule has 1 heterocycles. The molecule has 0 aliphatic carbocycles. The highest BCUT2D eigenvalue weighted by molar-refractivity contribution is 5.23. The van der Waals surface area contributed by atoms with Gasteiger partial charge in [-0.05, 0) is 27.7 Å². The molecule has 0 spiro atoms. The predicted octanol–water partition coefficient (Wildman–Crippen LogP) is 2.34. The Hall–Kier alpha value is -1.56. The third-order valence-electron chi connectivity index (χ3n) is 2.24. The molecule has 1 rings (SSSR count). The highest BCUT2D eigenvalue weighted by atomic mass is 15.1. The minimum Gasteiger partial charge on any atom is -0.316 e. The van der Waals surface area contributed by atoms with E-state index in [1.165, 1.54) is 5.57 Å². The van der Waals surface area contributed by atoms with Gasteiger partial charge in [-0.1, -0.05) is 11.6 Å². The van der Waals surface area contributed by atoms with Crippen molar-refractivity contribution in [3.63, 3.8) is 0 Å². The number of nitriles is 1. The van der Waals surface area contributed by atoms with E-state index in [4.69, 9.17) is 5.26 Å². The highest BCUT2D eigenvalue weighted by Crippen LogP contribution is 2.09. The number of aryl methyl sites for hydroxylation is 1. The Balaban J connectivity index is 3.07. The molecule has 0 aromatic carbocycles. The predicted molar refractivity (Wildman–Crippen MR) is 55.8 cm³/mol. The van der Waals surface area contributed by atoms with Crippen LogP contribution in [0.3, 0.4) is 0 Å². The van der Waals surface area contributed by atoms with Gasteiger partial charge in [0.05, 0.1) is 5.69 Å². The van der Waals surface area contributed by atoms with Crippen molar-refractivity contribution in [3.05, 3.63) is 28.9 Å². The van der Waals surface area contributed by atoms with Crippen molar-refractivity contribution in [2.24, 2.45) is 0 Å². The number of rotatable bonds is 2. The molecule has 0 radical (unpaired) electrons. The number of hydrogen-bond donors (Lipinski definition) is 0. The highest BCUT2D eigenvalue weighted by Gasteiger charge is 2.08. The summed E-state index contributed by atoms with van der Waals surface area (Å²) in [6.07, 6.45) is 2.09. The van der Waals surface area contributed by atoms with E-state index in [1.54, 1.807) is 0 Å². The van der Waals surface area contributed by atoms with Gasteiger partial charge in [0, 0.05) is 12.2 Å². The number of aromatic nitrogens is 2. The van der Waals surface area contributed by atoms with E-state index in [0.717, 1.165) is 17.9 Å². The normalized spacial score (nSPS) is 9.64. The molecule has 0 saturated heterocycles. The first-order chi connectivity index (χ1) is 6.56. The van der Waals surface area contributed by atoms with Crippen LogP contribution in [0.25, 0.3) is 0 Å². The summed E-state index contributed by atoms with van der Waals surface area (Å²) < 4.78 is 1.93. The fourth-order valence-corrected chi connectivity index (χ4v) is 1.24. The molecule has 0 fully saturated rings. The van der Waals surface area contributed by atoms with E-state index in [1.807, 2.05) is 32.3 Å². The zero-order valence-corrected chi connectivity index (χ0v) is 9.13. The molecule has 0 N–H and O–H groups in total. The van der Waals surface area contributed by atoms with Gasteiger partial charge in [-0.15, -0.1) is 0 Å². The van der Waals surface area contributed by atoms with Crippen LogP contribution < -0.4 is 0 Å². The maximum absolute atomic E-state index is 8.87. The first-order valence-electron chi connectivity index (χ1n) is 4.63. The first kappa shape index (κ1) is 10.5. The minimum atomic E-state index is 0.498. The molecule has 1 aromatic rings. The van der Waals surface area contributed by atoms with Gasteiger partial charge in [0.15, 0.2) is 0 Å². The average molecular weight is 189 g/mol. The molecule has 14 heavy (non-hydrogen) atoms. The summed E-state index contributed by atoms with van der Waals surface area (Å²) >= 11 is 0. The Bertz CT molecular complexity index is 401. The van der Waals surface area contributed by atoms with Gasteiger partial charge in [-0.3, -0.25) is 0 Å². The van der Waals surface area contributed by atoms with Crippen LogP contribution in [0.2, 0.25) is 0 Å². The lowest BCUT2D eigenvalue weighted by Crippen LogP contribution is -2.01. The molecule has 0 atom stereocenters. The summed E-state index contributed by atoms with van der Waals surface area (Å²) in [7, 11) is 0. The maximum Gasteiger partial charge on any atom is 0.213 e. The lowest BCUT2D eigenvalue weighted by atomic mass is 10.3. The molecule has 3 heteroatoms.